The normalized spacial score (nSPS) is 14.2. The smallest absolute Gasteiger partial charge is 0.313 e. The topological polar surface area (TPSA) is 108 Å². The number of para-hydroxylation sites is 3. The maximum Gasteiger partial charge on any atom is 0.313 e. The van der Waals surface area contributed by atoms with Crippen molar-refractivity contribution in [2.45, 2.75) is 6.42 Å². The molecule has 0 saturated carbocycles. The van der Waals surface area contributed by atoms with Crippen LogP contribution in [0.5, 0.6) is 0 Å². The van der Waals surface area contributed by atoms with E-state index in [9.17, 15) is 24.1 Å². The van der Waals surface area contributed by atoms with Crippen LogP contribution in [0.2, 0.25) is 0 Å². The van der Waals surface area contributed by atoms with Crippen LogP contribution in [0.4, 0.5) is 21.5 Å². The van der Waals surface area contributed by atoms with Gasteiger partial charge in [-0.2, -0.15) is 0 Å². The standard InChI is InChI=1S/C21H24FN5O4/c22-16-6-1-3-8-18(16)26-14-12-25(13-15-26)11-5-10-23-20(28)21(29)24-17-7-2-4-9-19(17)27(30)31/h1-4,6-9H,5,10-15H2,(H,23,28)(H,24,29). The highest BCUT2D eigenvalue weighted by atomic mass is 19.1. The molecule has 0 aromatic heterocycles. The summed E-state index contributed by atoms with van der Waals surface area (Å²) < 4.78 is 13.9. The Morgan fingerprint density at radius 1 is 1.00 bits per heavy atom. The molecule has 1 aliphatic rings. The molecule has 2 aromatic carbocycles. The number of hydrogen-bond acceptors (Lipinski definition) is 6. The largest absolute Gasteiger partial charge is 0.367 e. The second-order valence-electron chi connectivity index (χ2n) is 7.12. The van der Waals surface area contributed by atoms with Crippen LogP contribution >= 0.6 is 0 Å². The van der Waals surface area contributed by atoms with Crippen molar-refractivity contribution < 1.29 is 18.9 Å². The van der Waals surface area contributed by atoms with Gasteiger partial charge in [0.2, 0.25) is 0 Å². The molecule has 0 aliphatic carbocycles. The molecule has 0 radical (unpaired) electrons. The van der Waals surface area contributed by atoms with E-state index in [0.29, 0.717) is 31.7 Å². The van der Waals surface area contributed by atoms with Gasteiger partial charge < -0.3 is 15.5 Å². The van der Waals surface area contributed by atoms with E-state index in [4.69, 9.17) is 0 Å². The van der Waals surface area contributed by atoms with Crippen LogP contribution in [-0.4, -0.2) is 60.9 Å². The molecule has 2 N–H and O–H groups in total. The van der Waals surface area contributed by atoms with E-state index in [1.807, 2.05) is 11.0 Å². The van der Waals surface area contributed by atoms with Crippen molar-refractivity contribution in [3.8, 4) is 0 Å². The number of benzene rings is 2. The van der Waals surface area contributed by atoms with Crippen LogP contribution in [0.15, 0.2) is 48.5 Å². The molecule has 1 saturated heterocycles. The summed E-state index contributed by atoms with van der Waals surface area (Å²) >= 11 is 0. The monoisotopic (exact) mass is 429 g/mol. The first kappa shape index (κ1) is 22.2. The van der Waals surface area contributed by atoms with Crippen molar-refractivity contribution in [1.29, 1.82) is 0 Å². The molecule has 1 fully saturated rings. The third-order valence-electron chi connectivity index (χ3n) is 5.06. The number of carbonyl (C=O) groups is 2. The summed E-state index contributed by atoms with van der Waals surface area (Å²) in [5.41, 5.74) is 0.303. The van der Waals surface area contributed by atoms with Crippen molar-refractivity contribution in [2.24, 2.45) is 0 Å². The molecule has 3 rings (SSSR count). The molecule has 9 nitrogen and oxygen atoms in total. The predicted octanol–water partition coefficient (Wildman–Crippen LogP) is 2.00. The summed E-state index contributed by atoms with van der Waals surface area (Å²) in [5, 5.41) is 15.8. The fourth-order valence-electron chi connectivity index (χ4n) is 3.42. The maximum absolute atomic E-state index is 13.9. The first-order chi connectivity index (χ1) is 15.0. The number of piperazine rings is 1. The third-order valence-corrected chi connectivity index (χ3v) is 5.06. The van der Waals surface area contributed by atoms with Crippen molar-refractivity contribution in [2.75, 3.05) is 49.5 Å². The zero-order chi connectivity index (χ0) is 22.2. The Balaban J connectivity index is 1.36. The van der Waals surface area contributed by atoms with Gasteiger partial charge in [-0.1, -0.05) is 24.3 Å². The second kappa shape index (κ2) is 10.5. The number of nitrogens with zero attached hydrogens (tertiary/aromatic N) is 3. The van der Waals surface area contributed by atoms with Crippen LogP contribution < -0.4 is 15.5 Å². The van der Waals surface area contributed by atoms with Crippen LogP contribution in [0.1, 0.15) is 6.42 Å². The molecular formula is C21H24FN5O4. The van der Waals surface area contributed by atoms with Gasteiger partial charge in [0.15, 0.2) is 0 Å². The molecule has 2 amide bonds. The number of halogens is 1. The van der Waals surface area contributed by atoms with E-state index in [2.05, 4.69) is 15.5 Å². The minimum Gasteiger partial charge on any atom is -0.367 e. The first-order valence-corrected chi connectivity index (χ1v) is 10.00. The van der Waals surface area contributed by atoms with E-state index in [1.54, 1.807) is 12.1 Å². The lowest BCUT2D eigenvalue weighted by Crippen LogP contribution is -2.47. The second-order valence-corrected chi connectivity index (χ2v) is 7.12. The number of rotatable bonds is 7. The minimum atomic E-state index is -0.951. The fraction of sp³-hybridized carbons (Fsp3) is 0.333. The lowest BCUT2D eigenvalue weighted by molar-refractivity contribution is -0.383. The number of nitro groups is 1. The van der Waals surface area contributed by atoms with Gasteiger partial charge in [0, 0.05) is 38.8 Å². The molecule has 164 valence electrons. The zero-order valence-electron chi connectivity index (χ0n) is 16.9. The Hall–Kier alpha value is -3.53. The molecule has 1 heterocycles. The van der Waals surface area contributed by atoms with Crippen LogP contribution in [0.3, 0.4) is 0 Å². The Kier molecular flexibility index (Phi) is 7.50. The molecule has 10 heteroatoms. The van der Waals surface area contributed by atoms with Gasteiger partial charge in [-0.25, -0.2) is 4.39 Å². The summed E-state index contributed by atoms with van der Waals surface area (Å²) in [5.74, 6) is -2.02. The molecule has 0 atom stereocenters. The van der Waals surface area contributed by atoms with Crippen LogP contribution in [0.25, 0.3) is 0 Å². The number of amides is 2. The summed E-state index contributed by atoms with van der Waals surface area (Å²) in [7, 11) is 0. The third kappa shape index (κ3) is 5.98. The highest BCUT2D eigenvalue weighted by Gasteiger charge is 2.20. The van der Waals surface area contributed by atoms with Gasteiger partial charge in [0.1, 0.15) is 11.5 Å². The van der Waals surface area contributed by atoms with E-state index in [-0.39, 0.29) is 17.2 Å². The van der Waals surface area contributed by atoms with Crippen molar-refractivity contribution >= 4 is 28.9 Å². The van der Waals surface area contributed by atoms with Gasteiger partial charge in [-0.15, -0.1) is 0 Å². The lowest BCUT2D eigenvalue weighted by Gasteiger charge is -2.36. The molecule has 0 unspecified atom stereocenters. The van der Waals surface area contributed by atoms with Gasteiger partial charge in [-0.3, -0.25) is 24.6 Å². The van der Waals surface area contributed by atoms with Crippen molar-refractivity contribution in [3.05, 3.63) is 64.5 Å². The van der Waals surface area contributed by atoms with Gasteiger partial charge in [0.25, 0.3) is 5.69 Å². The Morgan fingerprint density at radius 3 is 2.39 bits per heavy atom. The molecule has 31 heavy (non-hydrogen) atoms. The number of hydrogen-bond donors (Lipinski definition) is 2. The number of nitrogens with one attached hydrogen (secondary N) is 2. The van der Waals surface area contributed by atoms with E-state index in [0.717, 1.165) is 19.6 Å². The first-order valence-electron chi connectivity index (χ1n) is 10.00. The van der Waals surface area contributed by atoms with Gasteiger partial charge in [0.05, 0.1) is 10.6 Å². The number of carbonyl (C=O) groups excluding carboxylic acids is 2. The van der Waals surface area contributed by atoms with Gasteiger partial charge >= 0.3 is 11.8 Å². The molecule has 0 spiro atoms. The summed E-state index contributed by atoms with van der Waals surface area (Å²) in [6, 6.07) is 12.3. The Morgan fingerprint density at radius 2 is 1.68 bits per heavy atom. The quantitative estimate of drug-likeness (QED) is 0.302. The number of nitro benzene ring substituents is 1. The van der Waals surface area contributed by atoms with Crippen molar-refractivity contribution in [3.63, 3.8) is 0 Å². The summed E-state index contributed by atoms with van der Waals surface area (Å²) in [6.45, 7) is 4.02. The van der Waals surface area contributed by atoms with Crippen LogP contribution in [-0.2, 0) is 9.59 Å². The average Bonchev–Trinajstić information content (AvgIpc) is 2.77. The SMILES string of the molecule is O=C(NCCCN1CCN(c2ccccc2F)CC1)C(=O)Nc1ccccc1[N+](=O)[O-]. The molecular weight excluding hydrogens is 405 g/mol. The van der Waals surface area contributed by atoms with Gasteiger partial charge in [-0.05, 0) is 31.2 Å². The number of anilines is 2. The maximum atomic E-state index is 13.9. The molecule has 2 aromatic rings. The Labute approximate surface area is 179 Å². The van der Waals surface area contributed by atoms with E-state index >= 15 is 0 Å². The van der Waals surface area contributed by atoms with Crippen LogP contribution in [0, 0.1) is 15.9 Å². The average molecular weight is 429 g/mol. The highest BCUT2D eigenvalue weighted by Crippen LogP contribution is 2.23. The predicted molar refractivity (Wildman–Crippen MR) is 114 cm³/mol. The molecule has 0 bridgehead atoms. The van der Waals surface area contributed by atoms with E-state index < -0.39 is 16.7 Å². The van der Waals surface area contributed by atoms with Crippen molar-refractivity contribution in [1.82, 2.24) is 10.2 Å². The summed E-state index contributed by atoms with van der Waals surface area (Å²) in [4.78, 5) is 38.5. The van der Waals surface area contributed by atoms with E-state index in [1.165, 1.54) is 30.3 Å². The Bertz CT molecular complexity index is 947. The lowest BCUT2D eigenvalue weighted by atomic mass is 10.2. The fourth-order valence-corrected chi connectivity index (χ4v) is 3.42. The summed E-state index contributed by atoms with van der Waals surface area (Å²) in [6.07, 6.45) is 0.643. The minimum absolute atomic E-state index is 0.0274. The highest BCUT2D eigenvalue weighted by molar-refractivity contribution is 6.39. The zero-order valence-corrected chi connectivity index (χ0v) is 16.9. The molecule has 1 aliphatic heterocycles.